The first-order chi connectivity index (χ1) is 8.13. The molecule has 0 saturated heterocycles. The van der Waals surface area contributed by atoms with Crippen LogP contribution in [0, 0.1) is 23.6 Å². The van der Waals surface area contributed by atoms with Gasteiger partial charge in [-0.15, -0.1) is 11.8 Å². The molecular formula is C14H15FO2. The average Bonchev–Trinajstić information content (AvgIpc) is 2.30. The minimum absolute atomic E-state index is 0.308. The van der Waals surface area contributed by atoms with Gasteiger partial charge in [0, 0.05) is 6.42 Å². The Kier molecular flexibility index (Phi) is 5.22. The molecule has 1 N–H and O–H groups in total. The maximum Gasteiger partial charge on any atom is 0.306 e. The number of carbonyl (C=O) groups is 1. The fraction of sp³-hybridized carbons (Fsp3) is 0.357. The molecule has 0 heterocycles. The molecule has 1 aromatic rings. The van der Waals surface area contributed by atoms with Gasteiger partial charge >= 0.3 is 5.97 Å². The number of rotatable bonds is 5. The van der Waals surface area contributed by atoms with E-state index in [1.165, 1.54) is 12.1 Å². The van der Waals surface area contributed by atoms with Crippen LogP contribution in [-0.2, 0) is 11.2 Å². The molecule has 2 nitrogen and oxygen atoms in total. The summed E-state index contributed by atoms with van der Waals surface area (Å²) < 4.78 is 12.7. The second-order valence-electron chi connectivity index (χ2n) is 3.83. The zero-order chi connectivity index (χ0) is 12.7. The summed E-state index contributed by atoms with van der Waals surface area (Å²) >= 11 is 0. The molecule has 0 bridgehead atoms. The number of halogens is 1. The molecule has 0 spiro atoms. The van der Waals surface area contributed by atoms with Crippen LogP contribution < -0.4 is 0 Å². The Morgan fingerprint density at radius 1 is 1.41 bits per heavy atom. The van der Waals surface area contributed by atoms with Gasteiger partial charge in [-0.05, 0) is 37.5 Å². The number of hydrogen-bond donors (Lipinski definition) is 1. The van der Waals surface area contributed by atoms with Gasteiger partial charge in [-0.2, -0.15) is 0 Å². The number of aliphatic carboxylic acids is 1. The molecule has 1 aromatic carbocycles. The number of carboxylic acids is 1. The topological polar surface area (TPSA) is 37.3 Å². The van der Waals surface area contributed by atoms with Gasteiger partial charge in [0.25, 0.3) is 0 Å². The molecule has 0 aliphatic rings. The van der Waals surface area contributed by atoms with Crippen molar-refractivity contribution in [2.24, 2.45) is 5.92 Å². The molecule has 0 aliphatic heterocycles. The van der Waals surface area contributed by atoms with Gasteiger partial charge in [0.15, 0.2) is 0 Å². The highest BCUT2D eigenvalue weighted by Gasteiger charge is 2.17. The van der Waals surface area contributed by atoms with E-state index in [0.717, 1.165) is 5.56 Å². The van der Waals surface area contributed by atoms with E-state index in [2.05, 4.69) is 11.8 Å². The number of benzene rings is 1. The summed E-state index contributed by atoms with van der Waals surface area (Å²) in [5, 5.41) is 9.07. The van der Waals surface area contributed by atoms with E-state index in [9.17, 15) is 9.18 Å². The molecule has 0 amide bonds. The molecule has 0 aromatic heterocycles. The van der Waals surface area contributed by atoms with Crippen LogP contribution in [0.5, 0.6) is 0 Å². The molecule has 1 atom stereocenters. The van der Waals surface area contributed by atoms with E-state index in [-0.39, 0.29) is 5.82 Å². The molecule has 0 aliphatic carbocycles. The number of hydrogen-bond acceptors (Lipinski definition) is 1. The van der Waals surface area contributed by atoms with Crippen LogP contribution in [0.25, 0.3) is 0 Å². The molecule has 1 rings (SSSR count). The lowest BCUT2D eigenvalue weighted by Gasteiger charge is -2.10. The van der Waals surface area contributed by atoms with Gasteiger partial charge in [-0.25, -0.2) is 4.39 Å². The predicted octanol–water partition coefficient (Wildman–Crippen LogP) is 2.87. The van der Waals surface area contributed by atoms with Crippen molar-refractivity contribution in [1.29, 1.82) is 0 Å². The molecule has 3 heteroatoms. The van der Waals surface area contributed by atoms with Gasteiger partial charge in [-0.1, -0.05) is 12.1 Å². The molecule has 0 fully saturated rings. The second kappa shape index (κ2) is 6.70. The van der Waals surface area contributed by atoms with Crippen molar-refractivity contribution in [2.75, 3.05) is 0 Å². The van der Waals surface area contributed by atoms with Crippen molar-refractivity contribution in [3.8, 4) is 11.8 Å². The Morgan fingerprint density at radius 2 is 2.06 bits per heavy atom. The SMILES string of the molecule is CC#CCCC(Cc1ccc(F)cc1)C(=O)O. The second-order valence-corrected chi connectivity index (χ2v) is 3.83. The summed E-state index contributed by atoms with van der Waals surface area (Å²) in [5.74, 6) is 4.00. The minimum Gasteiger partial charge on any atom is -0.481 e. The van der Waals surface area contributed by atoms with Crippen molar-refractivity contribution >= 4 is 5.97 Å². The third-order valence-corrected chi connectivity index (χ3v) is 2.54. The van der Waals surface area contributed by atoms with E-state index in [1.807, 2.05) is 0 Å². The molecule has 17 heavy (non-hydrogen) atoms. The first-order valence-electron chi connectivity index (χ1n) is 5.50. The molecule has 90 valence electrons. The summed E-state index contributed by atoms with van der Waals surface area (Å²) in [6.45, 7) is 1.73. The van der Waals surface area contributed by atoms with Gasteiger partial charge in [0.2, 0.25) is 0 Å². The lowest BCUT2D eigenvalue weighted by Crippen LogP contribution is -2.16. The van der Waals surface area contributed by atoms with Crippen LogP contribution in [0.1, 0.15) is 25.3 Å². The normalized spacial score (nSPS) is 11.4. The first-order valence-corrected chi connectivity index (χ1v) is 5.50. The first kappa shape index (κ1) is 13.2. The van der Waals surface area contributed by atoms with Crippen LogP contribution in [0.4, 0.5) is 4.39 Å². The standard InChI is InChI=1S/C14H15FO2/c1-2-3-4-5-12(14(16)17)10-11-6-8-13(15)9-7-11/h6-9,12H,4-5,10H2,1H3,(H,16,17). The van der Waals surface area contributed by atoms with E-state index in [1.54, 1.807) is 19.1 Å². The minimum atomic E-state index is -0.827. The van der Waals surface area contributed by atoms with Crippen molar-refractivity contribution in [3.05, 3.63) is 35.6 Å². The van der Waals surface area contributed by atoms with Gasteiger partial charge in [0.1, 0.15) is 5.82 Å². The van der Waals surface area contributed by atoms with Gasteiger partial charge in [-0.3, -0.25) is 4.79 Å². The smallest absolute Gasteiger partial charge is 0.306 e. The van der Waals surface area contributed by atoms with E-state index < -0.39 is 11.9 Å². The van der Waals surface area contributed by atoms with Gasteiger partial charge in [0.05, 0.1) is 5.92 Å². The quantitative estimate of drug-likeness (QED) is 0.795. The summed E-state index contributed by atoms with van der Waals surface area (Å²) in [5.41, 5.74) is 0.836. The molecule has 1 unspecified atom stereocenters. The summed E-state index contributed by atoms with van der Waals surface area (Å²) in [4.78, 5) is 11.0. The van der Waals surface area contributed by atoms with Crippen molar-refractivity contribution in [2.45, 2.75) is 26.2 Å². The van der Waals surface area contributed by atoms with Crippen LogP contribution in [-0.4, -0.2) is 11.1 Å². The summed E-state index contributed by atoms with van der Waals surface area (Å²) in [7, 11) is 0. The lowest BCUT2D eigenvalue weighted by molar-refractivity contribution is -0.141. The Labute approximate surface area is 100 Å². The monoisotopic (exact) mass is 234 g/mol. The Hall–Kier alpha value is -1.82. The summed E-state index contributed by atoms with van der Waals surface area (Å²) in [6, 6.07) is 5.94. The highest BCUT2D eigenvalue weighted by molar-refractivity contribution is 5.70. The Balaban J connectivity index is 2.62. The molecule has 0 radical (unpaired) electrons. The molecule has 0 saturated carbocycles. The molecular weight excluding hydrogens is 219 g/mol. The highest BCUT2D eigenvalue weighted by atomic mass is 19.1. The van der Waals surface area contributed by atoms with Crippen LogP contribution in [0.15, 0.2) is 24.3 Å². The highest BCUT2D eigenvalue weighted by Crippen LogP contribution is 2.15. The number of carboxylic acid groups (broad SMARTS) is 1. The van der Waals surface area contributed by atoms with E-state index >= 15 is 0 Å². The Bertz CT molecular complexity index is 426. The zero-order valence-electron chi connectivity index (χ0n) is 9.74. The van der Waals surface area contributed by atoms with Crippen LogP contribution >= 0.6 is 0 Å². The van der Waals surface area contributed by atoms with E-state index in [4.69, 9.17) is 5.11 Å². The zero-order valence-corrected chi connectivity index (χ0v) is 9.74. The maximum atomic E-state index is 12.7. The largest absolute Gasteiger partial charge is 0.481 e. The van der Waals surface area contributed by atoms with Crippen molar-refractivity contribution < 1.29 is 14.3 Å². The van der Waals surface area contributed by atoms with Gasteiger partial charge < -0.3 is 5.11 Å². The predicted molar refractivity (Wildman–Crippen MR) is 63.9 cm³/mol. The Morgan fingerprint density at radius 3 is 2.59 bits per heavy atom. The van der Waals surface area contributed by atoms with Crippen LogP contribution in [0.3, 0.4) is 0 Å². The van der Waals surface area contributed by atoms with Crippen molar-refractivity contribution in [1.82, 2.24) is 0 Å². The third kappa shape index (κ3) is 4.69. The maximum absolute atomic E-state index is 12.7. The van der Waals surface area contributed by atoms with Crippen molar-refractivity contribution in [3.63, 3.8) is 0 Å². The summed E-state index contributed by atoms with van der Waals surface area (Å²) in [6.07, 6.45) is 1.52. The fourth-order valence-electron chi connectivity index (χ4n) is 1.59. The average molecular weight is 234 g/mol. The lowest BCUT2D eigenvalue weighted by atomic mass is 9.95. The van der Waals surface area contributed by atoms with E-state index in [0.29, 0.717) is 19.3 Å². The fourth-order valence-corrected chi connectivity index (χ4v) is 1.59. The third-order valence-electron chi connectivity index (χ3n) is 2.54. The van der Waals surface area contributed by atoms with Crippen LogP contribution in [0.2, 0.25) is 0 Å².